The summed E-state index contributed by atoms with van der Waals surface area (Å²) in [5.41, 5.74) is 2.05. The molecule has 0 aliphatic carbocycles. The number of halogens is 1. The maximum absolute atomic E-state index is 13.3. The van der Waals surface area contributed by atoms with Crippen molar-refractivity contribution in [3.8, 4) is 5.69 Å². The summed E-state index contributed by atoms with van der Waals surface area (Å²) in [6.07, 6.45) is 3.14. The molecule has 2 aromatic carbocycles. The molecule has 0 aliphatic heterocycles. The second kappa shape index (κ2) is 8.62. The molecular weight excluding hydrogens is 399 g/mol. The Bertz CT molecular complexity index is 1230. The van der Waals surface area contributed by atoms with Crippen molar-refractivity contribution in [2.75, 3.05) is 10.6 Å². The molecule has 0 bridgehead atoms. The molecule has 31 heavy (non-hydrogen) atoms. The fraction of sp³-hybridized carbons (Fsp3) is 0.0909. The number of para-hydroxylation sites is 1. The molecule has 2 heterocycles. The normalized spacial score (nSPS) is 10.6. The first-order chi connectivity index (χ1) is 15.0. The van der Waals surface area contributed by atoms with Crippen LogP contribution in [0.3, 0.4) is 0 Å². The number of rotatable bonds is 6. The average Bonchev–Trinajstić information content (AvgIpc) is 3.35. The van der Waals surface area contributed by atoms with Gasteiger partial charge >= 0.3 is 0 Å². The number of aromatic nitrogens is 4. The molecule has 2 amide bonds. The van der Waals surface area contributed by atoms with Gasteiger partial charge in [0.05, 0.1) is 24.1 Å². The van der Waals surface area contributed by atoms with Crippen LogP contribution in [-0.4, -0.2) is 31.4 Å². The highest BCUT2D eigenvalue weighted by atomic mass is 19.1. The van der Waals surface area contributed by atoms with Crippen molar-refractivity contribution in [3.05, 3.63) is 90.1 Å². The van der Waals surface area contributed by atoms with Crippen LogP contribution >= 0.6 is 0 Å². The fourth-order valence-electron chi connectivity index (χ4n) is 3.06. The smallest absolute Gasteiger partial charge is 0.276 e. The summed E-state index contributed by atoms with van der Waals surface area (Å²) >= 11 is 0. The van der Waals surface area contributed by atoms with Gasteiger partial charge in [0.25, 0.3) is 5.91 Å². The Balaban J connectivity index is 1.52. The van der Waals surface area contributed by atoms with Crippen LogP contribution in [0.1, 0.15) is 23.0 Å². The highest BCUT2D eigenvalue weighted by Crippen LogP contribution is 2.18. The van der Waals surface area contributed by atoms with Crippen LogP contribution in [0.15, 0.2) is 73.1 Å². The first-order valence-electron chi connectivity index (χ1n) is 9.49. The van der Waals surface area contributed by atoms with Gasteiger partial charge < -0.3 is 10.6 Å². The Morgan fingerprint density at radius 3 is 2.58 bits per heavy atom. The Morgan fingerprint density at radius 1 is 1.03 bits per heavy atom. The molecule has 2 N–H and O–H groups in total. The minimum Gasteiger partial charge on any atom is -0.318 e. The zero-order valence-electron chi connectivity index (χ0n) is 16.6. The van der Waals surface area contributed by atoms with E-state index in [1.807, 2.05) is 30.3 Å². The lowest BCUT2D eigenvalue weighted by Crippen LogP contribution is -2.13. The van der Waals surface area contributed by atoms with Crippen molar-refractivity contribution in [2.24, 2.45) is 0 Å². The monoisotopic (exact) mass is 418 g/mol. The zero-order valence-corrected chi connectivity index (χ0v) is 16.6. The van der Waals surface area contributed by atoms with E-state index in [-0.39, 0.29) is 17.4 Å². The predicted molar refractivity (Wildman–Crippen MR) is 114 cm³/mol. The molecule has 8 nitrogen and oxygen atoms in total. The lowest BCUT2D eigenvalue weighted by Gasteiger charge is -2.06. The molecule has 9 heteroatoms. The van der Waals surface area contributed by atoms with Gasteiger partial charge in [0, 0.05) is 19.2 Å². The van der Waals surface area contributed by atoms with Crippen molar-refractivity contribution in [3.63, 3.8) is 0 Å². The summed E-state index contributed by atoms with van der Waals surface area (Å²) in [4.78, 5) is 24.3. The predicted octanol–water partition coefficient (Wildman–Crippen LogP) is 3.47. The topological polar surface area (TPSA) is 93.8 Å². The standard InChI is InChI=1S/C22H19FN6O2/c1-15(30)25-21-11-20(27-29(21)19-8-3-2-4-9-19)22(31)26-18-12-24-28(14-18)13-16-6-5-7-17(23)10-16/h2-12,14H,13H2,1H3,(H,25,30)(H,26,31). The quantitative estimate of drug-likeness (QED) is 0.501. The Hall–Kier alpha value is -4.27. The van der Waals surface area contributed by atoms with Gasteiger partial charge in [-0.05, 0) is 29.8 Å². The number of anilines is 2. The van der Waals surface area contributed by atoms with Crippen LogP contribution in [0.5, 0.6) is 0 Å². The van der Waals surface area contributed by atoms with Crippen LogP contribution in [0.25, 0.3) is 5.69 Å². The van der Waals surface area contributed by atoms with Crippen LogP contribution in [0.2, 0.25) is 0 Å². The number of hydrogen-bond donors (Lipinski definition) is 2. The molecule has 156 valence electrons. The number of nitrogens with one attached hydrogen (secondary N) is 2. The van der Waals surface area contributed by atoms with Crippen molar-refractivity contribution < 1.29 is 14.0 Å². The maximum atomic E-state index is 13.3. The van der Waals surface area contributed by atoms with Crippen LogP contribution < -0.4 is 10.6 Å². The Kier molecular flexibility index (Phi) is 5.57. The number of carbonyl (C=O) groups is 2. The molecule has 2 aromatic heterocycles. The fourth-order valence-corrected chi connectivity index (χ4v) is 3.06. The van der Waals surface area contributed by atoms with Gasteiger partial charge in [0.2, 0.25) is 5.91 Å². The molecule has 0 aliphatic rings. The largest absolute Gasteiger partial charge is 0.318 e. The third kappa shape index (κ3) is 4.84. The first kappa shape index (κ1) is 20.0. The van der Waals surface area contributed by atoms with E-state index >= 15 is 0 Å². The summed E-state index contributed by atoms with van der Waals surface area (Å²) in [5.74, 6) is -0.665. The molecular formula is C22H19FN6O2. The van der Waals surface area contributed by atoms with Crippen LogP contribution in [-0.2, 0) is 11.3 Å². The molecule has 4 aromatic rings. The highest BCUT2D eigenvalue weighted by molar-refractivity contribution is 6.03. The lowest BCUT2D eigenvalue weighted by molar-refractivity contribution is -0.114. The molecule has 0 fully saturated rings. The second-order valence-electron chi connectivity index (χ2n) is 6.85. The third-order valence-corrected chi connectivity index (χ3v) is 4.37. The van der Waals surface area contributed by atoms with E-state index in [1.165, 1.54) is 36.0 Å². The van der Waals surface area contributed by atoms with Gasteiger partial charge in [-0.2, -0.15) is 10.2 Å². The van der Waals surface area contributed by atoms with E-state index in [2.05, 4.69) is 20.8 Å². The van der Waals surface area contributed by atoms with Crippen LogP contribution in [0, 0.1) is 5.82 Å². The molecule has 0 spiro atoms. The summed E-state index contributed by atoms with van der Waals surface area (Å²) < 4.78 is 16.4. The molecule has 0 unspecified atom stereocenters. The second-order valence-corrected chi connectivity index (χ2v) is 6.85. The lowest BCUT2D eigenvalue weighted by atomic mass is 10.2. The van der Waals surface area contributed by atoms with Crippen molar-refractivity contribution in [1.82, 2.24) is 19.6 Å². The summed E-state index contributed by atoms with van der Waals surface area (Å²) in [6, 6.07) is 16.9. The van der Waals surface area contributed by atoms with Gasteiger partial charge in [0.15, 0.2) is 5.69 Å². The molecule has 0 atom stereocenters. The molecule has 0 radical (unpaired) electrons. The first-order valence-corrected chi connectivity index (χ1v) is 9.49. The number of benzene rings is 2. The van der Waals surface area contributed by atoms with Crippen molar-refractivity contribution in [2.45, 2.75) is 13.5 Å². The third-order valence-electron chi connectivity index (χ3n) is 4.37. The maximum Gasteiger partial charge on any atom is 0.276 e. The van der Waals surface area contributed by atoms with Crippen molar-refractivity contribution >= 4 is 23.3 Å². The van der Waals surface area contributed by atoms with E-state index in [4.69, 9.17) is 0 Å². The summed E-state index contributed by atoms with van der Waals surface area (Å²) in [6.45, 7) is 1.75. The van der Waals surface area contributed by atoms with Gasteiger partial charge in [-0.15, -0.1) is 0 Å². The van der Waals surface area contributed by atoms with E-state index < -0.39 is 5.91 Å². The van der Waals surface area contributed by atoms with E-state index in [0.29, 0.717) is 23.7 Å². The number of hydrogen-bond acceptors (Lipinski definition) is 4. The SMILES string of the molecule is CC(=O)Nc1cc(C(=O)Nc2cnn(Cc3cccc(F)c3)c2)nn1-c1ccccc1. The number of carbonyl (C=O) groups excluding carboxylic acids is 2. The molecule has 0 saturated carbocycles. The number of amides is 2. The molecule has 0 saturated heterocycles. The summed E-state index contributed by atoms with van der Waals surface area (Å²) in [5, 5.41) is 13.9. The average molecular weight is 418 g/mol. The van der Waals surface area contributed by atoms with Crippen LogP contribution in [0.4, 0.5) is 15.9 Å². The Labute approximate surface area is 177 Å². The zero-order chi connectivity index (χ0) is 21.8. The molecule has 4 rings (SSSR count). The highest BCUT2D eigenvalue weighted by Gasteiger charge is 2.17. The van der Waals surface area contributed by atoms with E-state index in [1.54, 1.807) is 23.0 Å². The van der Waals surface area contributed by atoms with E-state index in [0.717, 1.165) is 5.56 Å². The van der Waals surface area contributed by atoms with Gasteiger partial charge in [0.1, 0.15) is 11.6 Å². The van der Waals surface area contributed by atoms with Gasteiger partial charge in [-0.3, -0.25) is 14.3 Å². The van der Waals surface area contributed by atoms with Crippen molar-refractivity contribution in [1.29, 1.82) is 0 Å². The minimum atomic E-state index is -0.452. The van der Waals surface area contributed by atoms with Gasteiger partial charge in [-0.1, -0.05) is 30.3 Å². The van der Waals surface area contributed by atoms with E-state index in [9.17, 15) is 14.0 Å². The minimum absolute atomic E-state index is 0.130. The summed E-state index contributed by atoms with van der Waals surface area (Å²) in [7, 11) is 0. The van der Waals surface area contributed by atoms with Gasteiger partial charge in [-0.25, -0.2) is 9.07 Å². The number of nitrogens with zero attached hydrogens (tertiary/aromatic N) is 4. The Morgan fingerprint density at radius 2 is 1.84 bits per heavy atom.